The fourth-order valence-electron chi connectivity index (χ4n) is 3.38. The molecule has 3 rings (SSSR count). The molecule has 0 saturated carbocycles. The zero-order valence-corrected chi connectivity index (χ0v) is 18.0. The van der Waals surface area contributed by atoms with E-state index in [4.69, 9.17) is 9.57 Å². The largest absolute Gasteiger partial charge is 0.497 e. The van der Waals surface area contributed by atoms with Crippen LogP contribution >= 0.6 is 0 Å². The SMILES string of the molecule is COc1ccc(C2=NO[C@@H](CN(Cc3ccccc3F)C(=O)CC(C)(C)C)C2)cc1. The van der Waals surface area contributed by atoms with Crippen LogP contribution in [0, 0.1) is 11.2 Å². The highest BCUT2D eigenvalue weighted by Crippen LogP contribution is 2.24. The number of rotatable bonds is 7. The van der Waals surface area contributed by atoms with E-state index in [0.29, 0.717) is 24.9 Å². The molecule has 0 radical (unpaired) electrons. The van der Waals surface area contributed by atoms with Crippen molar-refractivity contribution in [2.45, 2.75) is 46.3 Å². The minimum atomic E-state index is -0.312. The van der Waals surface area contributed by atoms with Crippen molar-refractivity contribution >= 4 is 11.6 Å². The maximum absolute atomic E-state index is 14.2. The average molecular weight is 413 g/mol. The van der Waals surface area contributed by atoms with Gasteiger partial charge in [0.1, 0.15) is 11.6 Å². The summed E-state index contributed by atoms with van der Waals surface area (Å²) in [7, 11) is 1.62. The molecule has 0 spiro atoms. The van der Waals surface area contributed by atoms with Crippen LogP contribution < -0.4 is 4.74 Å². The lowest BCUT2D eigenvalue weighted by Gasteiger charge is -2.28. The molecule has 0 unspecified atom stereocenters. The van der Waals surface area contributed by atoms with Gasteiger partial charge in [-0.3, -0.25) is 4.79 Å². The predicted octanol–water partition coefficient (Wildman–Crippen LogP) is 4.79. The molecule has 0 aliphatic carbocycles. The Morgan fingerprint density at radius 3 is 2.53 bits per heavy atom. The maximum Gasteiger partial charge on any atom is 0.223 e. The normalized spacial score (nSPS) is 16.0. The van der Waals surface area contributed by atoms with Crippen LogP contribution in [0.5, 0.6) is 5.75 Å². The van der Waals surface area contributed by atoms with E-state index in [2.05, 4.69) is 5.16 Å². The van der Waals surface area contributed by atoms with Crippen LogP contribution in [0.25, 0.3) is 0 Å². The number of ether oxygens (including phenoxy) is 1. The number of amides is 1. The molecule has 1 atom stereocenters. The van der Waals surface area contributed by atoms with Gasteiger partial charge in [-0.15, -0.1) is 0 Å². The Morgan fingerprint density at radius 2 is 1.90 bits per heavy atom. The second kappa shape index (κ2) is 9.28. The first-order valence-corrected chi connectivity index (χ1v) is 10.1. The van der Waals surface area contributed by atoms with Gasteiger partial charge in [-0.1, -0.05) is 44.1 Å². The Kier molecular flexibility index (Phi) is 6.75. The molecule has 5 nitrogen and oxygen atoms in total. The lowest BCUT2D eigenvalue weighted by atomic mass is 9.91. The van der Waals surface area contributed by atoms with E-state index < -0.39 is 0 Å². The smallest absolute Gasteiger partial charge is 0.223 e. The first-order chi connectivity index (χ1) is 14.2. The first kappa shape index (κ1) is 21.8. The summed E-state index contributed by atoms with van der Waals surface area (Å²) < 4.78 is 19.4. The van der Waals surface area contributed by atoms with Crippen LogP contribution in [0.3, 0.4) is 0 Å². The molecule has 0 bridgehead atoms. The molecule has 1 heterocycles. The number of hydrogen-bond acceptors (Lipinski definition) is 4. The lowest BCUT2D eigenvalue weighted by molar-refractivity contribution is -0.135. The third-order valence-electron chi connectivity index (χ3n) is 4.93. The van der Waals surface area contributed by atoms with Crippen molar-refractivity contribution in [2.24, 2.45) is 10.6 Å². The predicted molar refractivity (Wildman–Crippen MR) is 115 cm³/mol. The molecule has 6 heteroatoms. The molecule has 0 fully saturated rings. The summed E-state index contributed by atoms with van der Waals surface area (Å²) in [5.41, 5.74) is 2.12. The zero-order valence-electron chi connectivity index (χ0n) is 18.0. The van der Waals surface area contributed by atoms with Gasteiger partial charge in [0.15, 0.2) is 6.10 Å². The van der Waals surface area contributed by atoms with Crippen LogP contribution in [-0.4, -0.2) is 36.3 Å². The van der Waals surface area contributed by atoms with Gasteiger partial charge >= 0.3 is 0 Å². The molecule has 2 aromatic rings. The quantitative estimate of drug-likeness (QED) is 0.657. The number of nitrogens with zero attached hydrogens (tertiary/aromatic N) is 2. The van der Waals surface area contributed by atoms with Crippen LogP contribution in [-0.2, 0) is 16.2 Å². The zero-order chi connectivity index (χ0) is 21.7. The summed E-state index contributed by atoms with van der Waals surface area (Å²) in [6, 6.07) is 14.2. The van der Waals surface area contributed by atoms with Crippen molar-refractivity contribution in [3.8, 4) is 5.75 Å². The fourth-order valence-corrected chi connectivity index (χ4v) is 3.38. The van der Waals surface area contributed by atoms with Crippen LogP contribution in [0.15, 0.2) is 53.7 Å². The molecule has 0 N–H and O–H groups in total. The molecule has 0 aromatic heterocycles. The summed E-state index contributed by atoms with van der Waals surface area (Å²) in [5.74, 6) is 0.444. The average Bonchev–Trinajstić information content (AvgIpc) is 3.16. The van der Waals surface area contributed by atoms with Crippen molar-refractivity contribution in [1.29, 1.82) is 0 Å². The van der Waals surface area contributed by atoms with E-state index in [1.807, 2.05) is 45.0 Å². The number of methoxy groups -OCH3 is 1. The van der Waals surface area contributed by atoms with Gasteiger partial charge in [0.2, 0.25) is 5.91 Å². The number of carbonyl (C=O) groups is 1. The summed E-state index contributed by atoms with van der Waals surface area (Å²) in [4.78, 5) is 20.3. The van der Waals surface area contributed by atoms with E-state index in [1.54, 1.807) is 30.2 Å². The van der Waals surface area contributed by atoms with Crippen LogP contribution in [0.1, 0.15) is 44.7 Å². The molecule has 160 valence electrons. The topological polar surface area (TPSA) is 51.1 Å². The Labute approximate surface area is 177 Å². The van der Waals surface area contributed by atoms with E-state index in [0.717, 1.165) is 17.0 Å². The molecule has 0 saturated heterocycles. The standard InChI is InChI=1S/C24H29FN2O3/c1-24(2,3)14-23(28)27(15-18-7-5-6-8-21(18)25)16-20-13-22(26-30-20)17-9-11-19(29-4)12-10-17/h5-12,20H,13-16H2,1-4H3/t20-/m1/s1. The minimum absolute atomic E-state index is 0.0211. The van der Waals surface area contributed by atoms with Gasteiger partial charge in [-0.2, -0.15) is 0 Å². The summed E-state index contributed by atoms with van der Waals surface area (Å²) in [5, 5.41) is 4.22. The fraction of sp³-hybridized carbons (Fsp3) is 0.417. The monoisotopic (exact) mass is 412 g/mol. The van der Waals surface area contributed by atoms with Crippen LogP contribution in [0.4, 0.5) is 4.39 Å². The molecular weight excluding hydrogens is 383 g/mol. The number of carbonyl (C=O) groups excluding carboxylic acids is 1. The molecule has 1 aliphatic heterocycles. The van der Waals surface area contributed by atoms with Gasteiger partial charge < -0.3 is 14.5 Å². The van der Waals surface area contributed by atoms with Crippen molar-refractivity contribution in [1.82, 2.24) is 4.90 Å². The lowest BCUT2D eigenvalue weighted by Crippen LogP contribution is -2.39. The summed E-state index contributed by atoms with van der Waals surface area (Å²) in [6.45, 7) is 6.61. The van der Waals surface area contributed by atoms with Crippen molar-refractivity contribution in [3.05, 3.63) is 65.5 Å². The van der Waals surface area contributed by atoms with Gasteiger partial charge in [0, 0.05) is 24.9 Å². The first-order valence-electron chi connectivity index (χ1n) is 10.1. The van der Waals surface area contributed by atoms with Gasteiger partial charge in [-0.05, 0) is 41.3 Å². The third-order valence-corrected chi connectivity index (χ3v) is 4.93. The number of hydrogen-bond donors (Lipinski definition) is 0. The molecular formula is C24H29FN2O3. The Bertz CT molecular complexity index is 903. The number of oxime groups is 1. The highest BCUT2D eigenvalue weighted by atomic mass is 19.1. The van der Waals surface area contributed by atoms with Crippen molar-refractivity contribution in [2.75, 3.05) is 13.7 Å². The van der Waals surface area contributed by atoms with Gasteiger partial charge in [0.25, 0.3) is 0 Å². The highest BCUT2D eigenvalue weighted by Gasteiger charge is 2.29. The summed E-state index contributed by atoms with van der Waals surface area (Å²) >= 11 is 0. The minimum Gasteiger partial charge on any atom is -0.497 e. The molecule has 2 aromatic carbocycles. The maximum atomic E-state index is 14.2. The van der Waals surface area contributed by atoms with E-state index in [-0.39, 0.29) is 29.8 Å². The summed E-state index contributed by atoms with van der Waals surface area (Å²) in [6.07, 6.45) is 0.696. The van der Waals surface area contributed by atoms with Crippen LogP contribution in [0.2, 0.25) is 0 Å². The molecule has 30 heavy (non-hydrogen) atoms. The second-order valence-corrected chi connectivity index (χ2v) is 8.80. The van der Waals surface area contributed by atoms with Gasteiger partial charge in [-0.25, -0.2) is 4.39 Å². The Balaban J connectivity index is 1.70. The third kappa shape index (κ3) is 5.81. The van der Waals surface area contributed by atoms with Crippen molar-refractivity contribution in [3.63, 3.8) is 0 Å². The van der Waals surface area contributed by atoms with E-state index >= 15 is 0 Å². The van der Waals surface area contributed by atoms with E-state index in [1.165, 1.54) is 6.07 Å². The molecule has 1 aliphatic rings. The van der Waals surface area contributed by atoms with Crippen molar-refractivity contribution < 1.29 is 18.8 Å². The Hall–Kier alpha value is -2.89. The second-order valence-electron chi connectivity index (χ2n) is 8.80. The van der Waals surface area contributed by atoms with Gasteiger partial charge in [0.05, 0.1) is 19.4 Å². The Morgan fingerprint density at radius 1 is 1.20 bits per heavy atom. The highest BCUT2D eigenvalue weighted by molar-refractivity contribution is 6.01. The number of benzene rings is 2. The number of halogens is 1. The molecule has 1 amide bonds. The van der Waals surface area contributed by atoms with E-state index in [9.17, 15) is 9.18 Å².